The molecule has 0 unspecified atom stereocenters. The maximum Gasteiger partial charge on any atom is 0.123 e. The second-order valence-electron chi connectivity index (χ2n) is 4.54. The summed E-state index contributed by atoms with van der Waals surface area (Å²) in [6.07, 6.45) is 5.59. The van der Waals surface area contributed by atoms with Crippen LogP contribution in [0.5, 0.6) is 0 Å². The number of hydrogen-bond acceptors (Lipinski definition) is 2. The average molecular weight is 259 g/mol. The standard InChI is InChI=1S/C15H18FN3/c1-3-9-19(12-15-17-8-10-18(15)2)11-13-4-6-14(16)7-5-13/h3-8,10H,1,9,11-12H2,2H3. The summed E-state index contributed by atoms with van der Waals surface area (Å²) in [6.45, 7) is 6.04. The number of halogens is 1. The quantitative estimate of drug-likeness (QED) is 0.744. The summed E-state index contributed by atoms with van der Waals surface area (Å²) in [4.78, 5) is 6.53. The van der Waals surface area contributed by atoms with Gasteiger partial charge in [0.2, 0.25) is 0 Å². The lowest BCUT2D eigenvalue weighted by Gasteiger charge is -2.20. The van der Waals surface area contributed by atoms with Crippen LogP contribution in [0.2, 0.25) is 0 Å². The molecule has 1 aromatic carbocycles. The topological polar surface area (TPSA) is 21.1 Å². The largest absolute Gasteiger partial charge is 0.337 e. The van der Waals surface area contributed by atoms with E-state index >= 15 is 0 Å². The van der Waals surface area contributed by atoms with Crippen LogP contribution >= 0.6 is 0 Å². The minimum absolute atomic E-state index is 0.205. The van der Waals surface area contributed by atoms with Gasteiger partial charge in [-0.15, -0.1) is 6.58 Å². The Kier molecular flexibility index (Phi) is 4.47. The molecule has 2 aromatic rings. The lowest BCUT2D eigenvalue weighted by molar-refractivity contribution is 0.275. The second kappa shape index (κ2) is 6.29. The number of nitrogens with zero attached hydrogens (tertiary/aromatic N) is 3. The molecule has 0 fully saturated rings. The highest BCUT2D eigenvalue weighted by Gasteiger charge is 2.08. The summed E-state index contributed by atoms with van der Waals surface area (Å²) in [7, 11) is 1.98. The molecule has 0 saturated heterocycles. The molecule has 1 heterocycles. The molecule has 3 nitrogen and oxygen atoms in total. The molecule has 2 rings (SSSR count). The molecule has 0 saturated carbocycles. The lowest BCUT2D eigenvalue weighted by Crippen LogP contribution is -2.24. The van der Waals surface area contributed by atoms with E-state index < -0.39 is 0 Å². The van der Waals surface area contributed by atoms with Crippen LogP contribution in [-0.4, -0.2) is 21.0 Å². The third kappa shape index (κ3) is 3.76. The number of aryl methyl sites for hydroxylation is 1. The van der Waals surface area contributed by atoms with Gasteiger partial charge in [0.25, 0.3) is 0 Å². The molecule has 0 aliphatic heterocycles. The summed E-state index contributed by atoms with van der Waals surface area (Å²) in [5, 5.41) is 0. The SMILES string of the molecule is C=CCN(Cc1ccc(F)cc1)Cc1nccn1C. The Morgan fingerprint density at radius 3 is 2.63 bits per heavy atom. The van der Waals surface area contributed by atoms with Gasteiger partial charge < -0.3 is 4.57 Å². The molecule has 4 heteroatoms. The Hall–Kier alpha value is -1.94. The predicted octanol–water partition coefficient (Wildman–Crippen LogP) is 2.75. The Morgan fingerprint density at radius 1 is 1.32 bits per heavy atom. The molecule has 19 heavy (non-hydrogen) atoms. The molecule has 0 N–H and O–H groups in total. The first-order chi connectivity index (χ1) is 9.19. The van der Waals surface area contributed by atoms with Gasteiger partial charge in [-0.05, 0) is 17.7 Å². The monoisotopic (exact) mass is 259 g/mol. The Morgan fingerprint density at radius 2 is 2.05 bits per heavy atom. The molecule has 0 atom stereocenters. The van der Waals surface area contributed by atoms with E-state index in [0.717, 1.165) is 31.0 Å². The fourth-order valence-corrected chi connectivity index (χ4v) is 1.96. The zero-order valence-electron chi connectivity index (χ0n) is 11.1. The number of aromatic nitrogens is 2. The van der Waals surface area contributed by atoms with Crippen molar-refractivity contribution in [2.24, 2.45) is 7.05 Å². The fourth-order valence-electron chi connectivity index (χ4n) is 1.96. The van der Waals surface area contributed by atoms with Crippen molar-refractivity contribution in [1.82, 2.24) is 14.5 Å². The van der Waals surface area contributed by atoms with Crippen molar-refractivity contribution >= 4 is 0 Å². The molecule has 0 spiro atoms. The fraction of sp³-hybridized carbons (Fsp3) is 0.267. The molecule has 0 aliphatic rings. The zero-order valence-corrected chi connectivity index (χ0v) is 11.1. The maximum absolute atomic E-state index is 12.9. The normalized spacial score (nSPS) is 10.9. The summed E-state index contributed by atoms with van der Waals surface area (Å²) < 4.78 is 14.9. The van der Waals surface area contributed by atoms with E-state index in [9.17, 15) is 4.39 Å². The van der Waals surface area contributed by atoms with Crippen LogP contribution in [0.1, 0.15) is 11.4 Å². The number of benzene rings is 1. The molecule has 100 valence electrons. The molecular formula is C15H18FN3. The van der Waals surface area contributed by atoms with Gasteiger partial charge in [-0.1, -0.05) is 18.2 Å². The van der Waals surface area contributed by atoms with E-state index in [1.165, 1.54) is 12.1 Å². The second-order valence-corrected chi connectivity index (χ2v) is 4.54. The van der Waals surface area contributed by atoms with E-state index in [0.29, 0.717) is 0 Å². The van der Waals surface area contributed by atoms with Crippen LogP contribution in [0, 0.1) is 5.82 Å². The first kappa shape index (κ1) is 13.5. The Balaban J connectivity index is 2.05. The summed E-state index contributed by atoms with van der Waals surface area (Å²) >= 11 is 0. The highest BCUT2D eigenvalue weighted by molar-refractivity contribution is 5.16. The third-order valence-electron chi connectivity index (χ3n) is 2.99. The molecule has 0 radical (unpaired) electrons. The Labute approximate surface area is 113 Å². The molecule has 0 aliphatic carbocycles. The smallest absolute Gasteiger partial charge is 0.123 e. The van der Waals surface area contributed by atoms with Gasteiger partial charge in [0.15, 0.2) is 0 Å². The van der Waals surface area contributed by atoms with Gasteiger partial charge in [0.1, 0.15) is 11.6 Å². The van der Waals surface area contributed by atoms with Crippen LogP contribution in [0.4, 0.5) is 4.39 Å². The Bertz CT molecular complexity index is 531. The van der Waals surface area contributed by atoms with Crippen molar-refractivity contribution < 1.29 is 4.39 Å². The summed E-state index contributed by atoms with van der Waals surface area (Å²) in [5.74, 6) is 0.798. The van der Waals surface area contributed by atoms with Crippen molar-refractivity contribution in [2.75, 3.05) is 6.54 Å². The number of rotatable bonds is 6. The van der Waals surface area contributed by atoms with Gasteiger partial charge >= 0.3 is 0 Å². The zero-order chi connectivity index (χ0) is 13.7. The highest BCUT2D eigenvalue weighted by Crippen LogP contribution is 2.09. The van der Waals surface area contributed by atoms with Gasteiger partial charge in [0.05, 0.1) is 6.54 Å². The third-order valence-corrected chi connectivity index (χ3v) is 2.99. The molecular weight excluding hydrogens is 241 g/mol. The van der Waals surface area contributed by atoms with E-state index in [1.807, 2.05) is 36.0 Å². The first-order valence-corrected chi connectivity index (χ1v) is 6.23. The van der Waals surface area contributed by atoms with Crippen molar-refractivity contribution in [3.63, 3.8) is 0 Å². The summed E-state index contributed by atoms with van der Waals surface area (Å²) in [5.41, 5.74) is 1.08. The van der Waals surface area contributed by atoms with Crippen LogP contribution < -0.4 is 0 Å². The van der Waals surface area contributed by atoms with Gasteiger partial charge in [-0.2, -0.15) is 0 Å². The van der Waals surface area contributed by atoms with Crippen molar-refractivity contribution in [2.45, 2.75) is 13.1 Å². The van der Waals surface area contributed by atoms with Gasteiger partial charge in [-0.3, -0.25) is 4.90 Å². The highest BCUT2D eigenvalue weighted by atomic mass is 19.1. The van der Waals surface area contributed by atoms with E-state index in [-0.39, 0.29) is 5.82 Å². The lowest BCUT2D eigenvalue weighted by atomic mass is 10.2. The number of imidazole rings is 1. The van der Waals surface area contributed by atoms with Crippen molar-refractivity contribution in [3.05, 3.63) is 66.5 Å². The van der Waals surface area contributed by atoms with Crippen molar-refractivity contribution in [1.29, 1.82) is 0 Å². The summed E-state index contributed by atoms with van der Waals surface area (Å²) in [6, 6.07) is 6.60. The van der Waals surface area contributed by atoms with Crippen LogP contribution in [-0.2, 0) is 20.1 Å². The first-order valence-electron chi connectivity index (χ1n) is 6.23. The van der Waals surface area contributed by atoms with Crippen LogP contribution in [0.25, 0.3) is 0 Å². The molecule has 0 amide bonds. The predicted molar refractivity (Wildman–Crippen MR) is 73.9 cm³/mol. The van der Waals surface area contributed by atoms with Crippen LogP contribution in [0.3, 0.4) is 0 Å². The van der Waals surface area contributed by atoms with E-state index in [2.05, 4.69) is 16.5 Å². The average Bonchev–Trinajstić information content (AvgIpc) is 2.78. The van der Waals surface area contributed by atoms with Gasteiger partial charge in [0, 0.05) is 32.5 Å². The molecule has 0 bridgehead atoms. The minimum Gasteiger partial charge on any atom is -0.337 e. The van der Waals surface area contributed by atoms with Gasteiger partial charge in [-0.25, -0.2) is 9.37 Å². The van der Waals surface area contributed by atoms with E-state index in [4.69, 9.17) is 0 Å². The van der Waals surface area contributed by atoms with E-state index in [1.54, 1.807) is 6.20 Å². The molecule has 1 aromatic heterocycles. The van der Waals surface area contributed by atoms with Crippen LogP contribution in [0.15, 0.2) is 49.3 Å². The maximum atomic E-state index is 12.9. The number of hydrogen-bond donors (Lipinski definition) is 0. The van der Waals surface area contributed by atoms with Crippen molar-refractivity contribution in [3.8, 4) is 0 Å². The minimum atomic E-state index is -0.205.